The number of aryl methyl sites for hydroxylation is 1. The molecule has 2 aliphatic rings. The van der Waals surface area contributed by atoms with E-state index in [2.05, 4.69) is 9.97 Å². The number of amides is 1. The molecule has 0 saturated carbocycles. The van der Waals surface area contributed by atoms with Crippen molar-refractivity contribution in [3.63, 3.8) is 0 Å². The molecule has 3 atom stereocenters. The van der Waals surface area contributed by atoms with Crippen molar-refractivity contribution in [2.24, 2.45) is 5.92 Å². The first-order valence-corrected chi connectivity index (χ1v) is 9.74. The van der Waals surface area contributed by atoms with E-state index in [4.69, 9.17) is 9.47 Å². The fraction of sp³-hybridized carbons (Fsp3) is 0.476. The van der Waals surface area contributed by atoms with Gasteiger partial charge in [-0.25, -0.2) is 14.4 Å². The van der Waals surface area contributed by atoms with Crippen molar-refractivity contribution in [1.82, 2.24) is 14.9 Å². The van der Waals surface area contributed by atoms with Crippen molar-refractivity contribution in [1.29, 1.82) is 0 Å². The number of pyridine rings is 2. The molecule has 6 nitrogen and oxygen atoms in total. The Morgan fingerprint density at radius 3 is 2.86 bits per heavy atom. The van der Waals surface area contributed by atoms with Crippen LogP contribution in [0.1, 0.15) is 42.4 Å². The summed E-state index contributed by atoms with van der Waals surface area (Å²) in [4.78, 5) is 23.7. The van der Waals surface area contributed by atoms with Gasteiger partial charge in [0.25, 0.3) is 5.91 Å². The smallest absolute Gasteiger partial charge is 0.276 e. The molecule has 1 amide bonds. The molecule has 3 unspecified atom stereocenters. The van der Waals surface area contributed by atoms with Crippen LogP contribution in [0.15, 0.2) is 30.5 Å². The summed E-state index contributed by atoms with van der Waals surface area (Å²) < 4.78 is 24.4. The third-order valence-electron chi connectivity index (χ3n) is 5.55. The second-order valence-electron chi connectivity index (χ2n) is 7.36. The molecule has 4 heterocycles. The molecular weight excluding hydrogens is 361 g/mol. The Balaban J connectivity index is 1.48. The minimum absolute atomic E-state index is 0.0675. The average molecular weight is 385 g/mol. The van der Waals surface area contributed by atoms with Crippen LogP contribution in [0.5, 0.6) is 11.6 Å². The summed E-state index contributed by atoms with van der Waals surface area (Å²) in [7, 11) is 0. The first-order chi connectivity index (χ1) is 13.6. The van der Waals surface area contributed by atoms with Gasteiger partial charge in [0.05, 0.1) is 19.4 Å². The lowest BCUT2D eigenvalue weighted by atomic mass is 9.90. The maximum Gasteiger partial charge on any atom is 0.276 e. The van der Waals surface area contributed by atoms with Gasteiger partial charge in [-0.1, -0.05) is 0 Å². The zero-order valence-corrected chi connectivity index (χ0v) is 16.1. The first-order valence-electron chi connectivity index (χ1n) is 9.74. The molecule has 0 spiro atoms. The summed E-state index contributed by atoms with van der Waals surface area (Å²) in [6.45, 7) is 4.71. The average Bonchev–Trinajstić information content (AvgIpc) is 3.26. The summed E-state index contributed by atoms with van der Waals surface area (Å²) in [5, 5.41) is 0. The van der Waals surface area contributed by atoms with E-state index in [9.17, 15) is 9.18 Å². The molecule has 0 radical (unpaired) electrons. The second-order valence-corrected chi connectivity index (χ2v) is 7.36. The fourth-order valence-electron chi connectivity index (χ4n) is 4.34. The Kier molecular flexibility index (Phi) is 5.15. The number of fused-ring (bicyclic) bond motifs is 2. The van der Waals surface area contributed by atoms with Crippen LogP contribution >= 0.6 is 0 Å². The minimum Gasteiger partial charge on any atom is -0.491 e. The number of hydrogen-bond acceptors (Lipinski definition) is 5. The lowest BCUT2D eigenvalue weighted by molar-refractivity contribution is 0.0699. The van der Waals surface area contributed by atoms with E-state index in [1.54, 1.807) is 0 Å². The fourth-order valence-corrected chi connectivity index (χ4v) is 4.34. The molecule has 28 heavy (non-hydrogen) atoms. The Bertz CT molecular complexity index is 858. The lowest BCUT2D eigenvalue weighted by Gasteiger charge is -2.25. The van der Waals surface area contributed by atoms with Gasteiger partial charge >= 0.3 is 0 Å². The SMILES string of the molecule is CCOc1ccc(C)nc1C(=O)N1C2CCC1C(COc1ccc(F)cn1)C2. The van der Waals surface area contributed by atoms with Crippen molar-refractivity contribution >= 4 is 5.91 Å². The monoisotopic (exact) mass is 385 g/mol. The number of aromatic nitrogens is 2. The molecule has 148 valence electrons. The van der Waals surface area contributed by atoms with Crippen molar-refractivity contribution < 1.29 is 18.7 Å². The Hall–Kier alpha value is -2.70. The number of halogens is 1. The quantitative estimate of drug-likeness (QED) is 0.763. The van der Waals surface area contributed by atoms with Crippen LogP contribution in [0.25, 0.3) is 0 Å². The van der Waals surface area contributed by atoms with Crippen LogP contribution in [0, 0.1) is 18.7 Å². The van der Waals surface area contributed by atoms with Gasteiger partial charge < -0.3 is 14.4 Å². The largest absolute Gasteiger partial charge is 0.491 e. The normalized spacial score (nSPS) is 23.1. The zero-order valence-electron chi connectivity index (χ0n) is 16.1. The maximum atomic E-state index is 13.3. The summed E-state index contributed by atoms with van der Waals surface area (Å²) in [5.41, 5.74) is 1.18. The predicted octanol–water partition coefficient (Wildman–Crippen LogP) is 3.39. The van der Waals surface area contributed by atoms with Gasteiger partial charge in [-0.05, 0) is 51.3 Å². The van der Waals surface area contributed by atoms with E-state index in [0.717, 1.165) is 31.2 Å². The minimum atomic E-state index is -0.389. The van der Waals surface area contributed by atoms with Crippen molar-refractivity contribution in [3.05, 3.63) is 47.7 Å². The lowest BCUT2D eigenvalue weighted by Crippen LogP contribution is -2.38. The third kappa shape index (κ3) is 3.53. The molecule has 7 heteroatoms. The molecule has 0 aliphatic carbocycles. The molecule has 0 N–H and O–H groups in total. The van der Waals surface area contributed by atoms with Crippen molar-refractivity contribution in [2.75, 3.05) is 13.2 Å². The van der Waals surface area contributed by atoms with Gasteiger partial charge in [-0.2, -0.15) is 0 Å². The maximum absolute atomic E-state index is 13.3. The summed E-state index contributed by atoms with van der Waals surface area (Å²) >= 11 is 0. The number of ether oxygens (including phenoxy) is 2. The molecule has 2 bridgehead atoms. The van der Waals surface area contributed by atoms with Gasteiger partial charge in [0.2, 0.25) is 5.88 Å². The van der Waals surface area contributed by atoms with Crippen LogP contribution in [-0.2, 0) is 0 Å². The predicted molar refractivity (Wildman–Crippen MR) is 101 cm³/mol. The molecule has 2 saturated heterocycles. The topological polar surface area (TPSA) is 64.5 Å². The van der Waals surface area contributed by atoms with E-state index >= 15 is 0 Å². The molecule has 2 aromatic heterocycles. The number of nitrogens with zero attached hydrogens (tertiary/aromatic N) is 3. The Morgan fingerprint density at radius 2 is 2.11 bits per heavy atom. The highest BCUT2D eigenvalue weighted by atomic mass is 19.1. The summed E-state index contributed by atoms with van der Waals surface area (Å²) in [6, 6.07) is 6.84. The van der Waals surface area contributed by atoms with Crippen LogP contribution in [-0.4, -0.2) is 46.1 Å². The summed E-state index contributed by atoms with van der Waals surface area (Å²) in [5.74, 6) is 0.713. The Morgan fingerprint density at radius 1 is 1.25 bits per heavy atom. The third-order valence-corrected chi connectivity index (χ3v) is 5.55. The van der Waals surface area contributed by atoms with Gasteiger partial charge in [0.1, 0.15) is 5.82 Å². The second kappa shape index (κ2) is 7.73. The highest BCUT2D eigenvalue weighted by molar-refractivity contribution is 5.96. The van der Waals surface area contributed by atoms with E-state index in [0.29, 0.717) is 30.5 Å². The van der Waals surface area contributed by atoms with Crippen LogP contribution in [0.3, 0.4) is 0 Å². The number of hydrogen-bond donors (Lipinski definition) is 0. The van der Waals surface area contributed by atoms with Crippen molar-refractivity contribution in [2.45, 2.75) is 45.2 Å². The highest BCUT2D eigenvalue weighted by Gasteiger charge is 2.49. The van der Waals surface area contributed by atoms with Crippen LogP contribution < -0.4 is 9.47 Å². The number of carbonyl (C=O) groups excluding carboxylic acids is 1. The van der Waals surface area contributed by atoms with Crippen molar-refractivity contribution in [3.8, 4) is 11.6 Å². The molecule has 2 fully saturated rings. The summed E-state index contributed by atoms with van der Waals surface area (Å²) in [6.07, 6.45) is 3.99. The van der Waals surface area contributed by atoms with Gasteiger partial charge in [-0.3, -0.25) is 4.79 Å². The van der Waals surface area contributed by atoms with E-state index in [1.165, 1.54) is 12.1 Å². The van der Waals surface area contributed by atoms with Crippen LogP contribution in [0.2, 0.25) is 0 Å². The zero-order chi connectivity index (χ0) is 19.7. The molecule has 2 aromatic rings. The first kappa shape index (κ1) is 18.7. The molecule has 0 aromatic carbocycles. The van der Waals surface area contributed by atoms with Crippen LogP contribution in [0.4, 0.5) is 4.39 Å². The molecular formula is C21H24FN3O3. The van der Waals surface area contributed by atoms with Gasteiger partial charge in [0.15, 0.2) is 11.4 Å². The number of rotatable bonds is 6. The molecule has 4 rings (SSSR count). The van der Waals surface area contributed by atoms with Gasteiger partial charge in [-0.15, -0.1) is 0 Å². The number of carbonyl (C=O) groups is 1. The standard InChI is InChI=1S/C21H24FN3O3/c1-3-27-18-8-4-13(2)24-20(18)21(26)25-16-6-7-17(25)14(10-16)12-28-19-9-5-15(22)11-23-19/h4-5,8-9,11,14,16-17H,3,6-7,10,12H2,1-2H3. The highest BCUT2D eigenvalue weighted by Crippen LogP contribution is 2.43. The van der Waals surface area contributed by atoms with Gasteiger partial charge in [0, 0.05) is 29.8 Å². The van der Waals surface area contributed by atoms with E-state index < -0.39 is 0 Å². The van der Waals surface area contributed by atoms with E-state index in [1.807, 2.05) is 30.9 Å². The Labute approximate surface area is 163 Å². The van der Waals surface area contributed by atoms with E-state index in [-0.39, 0.29) is 29.7 Å². The molecule has 2 aliphatic heterocycles.